The highest BCUT2D eigenvalue weighted by atomic mass is 35.5. The molecule has 1 amide bonds. The second-order valence-electron chi connectivity index (χ2n) is 8.91. The molecule has 0 fully saturated rings. The molecule has 0 bridgehead atoms. The topological polar surface area (TPSA) is 109 Å². The Morgan fingerprint density at radius 2 is 1.80 bits per heavy atom. The van der Waals surface area contributed by atoms with Crippen LogP contribution in [-0.4, -0.2) is 42.0 Å². The van der Waals surface area contributed by atoms with E-state index in [0.717, 1.165) is 11.1 Å². The van der Waals surface area contributed by atoms with Crippen molar-refractivity contribution in [2.45, 2.75) is 19.6 Å². The second-order valence-corrected chi connectivity index (χ2v) is 9.31. The van der Waals surface area contributed by atoms with Crippen molar-refractivity contribution in [3.63, 3.8) is 0 Å². The Morgan fingerprint density at radius 3 is 2.55 bits per heavy atom. The molecule has 4 aromatic rings. The van der Waals surface area contributed by atoms with Crippen molar-refractivity contribution in [3.8, 4) is 23.0 Å². The SMILES string of the molecule is COc1ccc(NC(=O)C2=C(C)Nc3ncnn3C2c2ccc(OCc3ccccc3Cl)c(OC)c2)c(OC)c1. The van der Waals surface area contributed by atoms with Gasteiger partial charge in [0, 0.05) is 22.3 Å². The molecule has 1 aliphatic heterocycles. The van der Waals surface area contributed by atoms with E-state index in [2.05, 4.69) is 20.7 Å². The van der Waals surface area contributed by atoms with Crippen LogP contribution in [0.3, 0.4) is 0 Å². The average Bonchev–Trinajstić information content (AvgIpc) is 3.44. The van der Waals surface area contributed by atoms with E-state index in [0.29, 0.717) is 50.9 Å². The largest absolute Gasteiger partial charge is 0.497 e. The maximum atomic E-state index is 13.8. The van der Waals surface area contributed by atoms with Crippen LogP contribution in [0.1, 0.15) is 24.1 Å². The van der Waals surface area contributed by atoms with E-state index in [4.69, 9.17) is 30.5 Å². The first-order valence-electron chi connectivity index (χ1n) is 12.4. The number of rotatable bonds is 9. The van der Waals surface area contributed by atoms with E-state index in [1.54, 1.807) is 43.2 Å². The van der Waals surface area contributed by atoms with Gasteiger partial charge in [0.15, 0.2) is 11.5 Å². The highest BCUT2D eigenvalue weighted by molar-refractivity contribution is 6.31. The minimum atomic E-state index is -0.602. The van der Waals surface area contributed by atoms with Crippen LogP contribution in [0.5, 0.6) is 23.0 Å². The van der Waals surface area contributed by atoms with Gasteiger partial charge in [-0.05, 0) is 42.8 Å². The minimum Gasteiger partial charge on any atom is -0.497 e. The molecule has 206 valence electrons. The van der Waals surface area contributed by atoms with Crippen molar-refractivity contribution in [2.75, 3.05) is 32.0 Å². The number of ether oxygens (including phenoxy) is 4. The number of nitrogens with one attached hydrogen (secondary N) is 2. The molecule has 2 N–H and O–H groups in total. The number of hydrogen-bond acceptors (Lipinski definition) is 8. The van der Waals surface area contributed by atoms with Crippen LogP contribution in [0.2, 0.25) is 5.02 Å². The highest BCUT2D eigenvalue weighted by Gasteiger charge is 2.34. The number of hydrogen-bond donors (Lipinski definition) is 2. The molecule has 0 saturated carbocycles. The normalized spacial score (nSPS) is 14.2. The van der Waals surface area contributed by atoms with Crippen LogP contribution in [0.15, 0.2) is 78.3 Å². The summed E-state index contributed by atoms with van der Waals surface area (Å²) in [4.78, 5) is 18.1. The zero-order valence-corrected chi connectivity index (χ0v) is 23.2. The number of aromatic nitrogens is 3. The highest BCUT2D eigenvalue weighted by Crippen LogP contribution is 2.40. The summed E-state index contributed by atoms with van der Waals surface area (Å²) in [6.45, 7) is 2.09. The number of methoxy groups -OCH3 is 3. The number of carbonyl (C=O) groups excluding carboxylic acids is 1. The van der Waals surface area contributed by atoms with E-state index < -0.39 is 6.04 Å². The first-order valence-corrected chi connectivity index (χ1v) is 12.8. The quantitative estimate of drug-likeness (QED) is 0.277. The molecular formula is C29H28ClN5O5. The van der Waals surface area contributed by atoms with Crippen LogP contribution < -0.4 is 29.6 Å². The standard InChI is InChI=1S/C29H28ClN5O5/c1-17-26(28(36)34-22-11-10-20(37-2)14-24(22)38-3)27(35-29(33-17)31-16-32-35)18-9-12-23(25(13-18)39-4)40-15-19-7-5-6-8-21(19)30/h5-14,16,27H,15H2,1-4H3,(H,34,36)(H,31,32,33). The Balaban J connectivity index is 1.48. The van der Waals surface area contributed by atoms with E-state index in [1.807, 2.05) is 43.3 Å². The van der Waals surface area contributed by atoms with Gasteiger partial charge >= 0.3 is 0 Å². The molecule has 40 heavy (non-hydrogen) atoms. The third kappa shape index (κ3) is 5.26. The van der Waals surface area contributed by atoms with Crippen molar-refractivity contribution in [1.82, 2.24) is 14.8 Å². The average molecular weight is 562 g/mol. The van der Waals surface area contributed by atoms with E-state index in [1.165, 1.54) is 13.4 Å². The van der Waals surface area contributed by atoms with Gasteiger partial charge in [-0.1, -0.05) is 35.9 Å². The van der Waals surface area contributed by atoms with Crippen molar-refractivity contribution in [1.29, 1.82) is 0 Å². The Bertz CT molecular complexity index is 1580. The molecule has 1 aromatic heterocycles. The summed E-state index contributed by atoms with van der Waals surface area (Å²) in [6.07, 6.45) is 1.44. The molecule has 0 aliphatic carbocycles. The molecule has 1 aliphatic rings. The lowest BCUT2D eigenvalue weighted by Gasteiger charge is -2.29. The van der Waals surface area contributed by atoms with Crippen LogP contribution in [0, 0.1) is 0 Å². The maximum absolute atomic E-state index is 13.8. The molecular weight excluding hydrogens is 534 g/mol. The van der Waals surface area contributed by atoms with Gasteiger partial charge in [0.25, 0.3) is 5.91 Å². The van der Waals surface area contributed by atoms with Crippen LogP contribution >= 0.6 is 11.6 Å². The number of amides is 1. The molecule has 0 saturated heterocycles. The number of carbonyl (C=O) groups is 1. The van der Waals surface area contributed by atoms with Crippen LogP contribution in [0.25, 0.3) is 0 Å². The van der Waals surface area contributed by atoms with E-state index >= 15 is 0 Å². The lowest BCUT2D eigenvalue weighted by Crippen LogP contribution is -2.31. The molecule has 5 rings (SSSR count). The zero-order valence-electron chi connectivity index (χ0n) is 22.4. The van der Waals surface area contributed by atoms with Gasteiger partial charge in [-0.25, -0.2) is 4.68 Å². The van der Waals surface area contributed by atoms with Gasteiger partial charge in [0.1, 0.15) is 30.5 Å². The van der Waals surface area contributed by atoms with Gasteiger partial charge in [-0.15, -0.1) is 0 Å². The summed E-state index contributed by atoms with van der Waals surface area (Å²) in [5.41, 5.74) is 3.18. The fourth-order valence-corrected chi connectivity index (χ4v) is 4.72. The van der Waals surface area contributed by atoms with Gasteiger partial charge in [0.05, 0.1) is 32.6 Å². The summed E-state index contributed by atoms with van der Waals surface area (Å²) in [5.74, 6) is 2.29. The molecule has 0 radical (unpaired) electrons. The Kier molecular flexibility index (Phi) is 7.79. The maximum Gasteiger partial charge on any atom is 0.255 e. The molecule has 3 aromatic carbocycles. The summed E-state index contributed by atoms with van der Waals surface area (Å²) < 4.78 is 24.1. The smallest absolute Gasteiger partial charge is 0.255 e. The molecule has 10 nitrogen and oxygen atoms in total. The number of allylic oxidation sites excluding steroid dienone is 1. The molecule has 0 spiro atoms. The van der Waals surface area contributed by atoms with Crippen LogP contribution in [0.4, 0.5) is 11.6 Å². The third-order valence-electron chi connectivity index (χ3n) is 6.54. The number of anilines is 2. The van der Waals surface area contributed by atoms with Gasteiger partial charge in [-0.2, -0.15) is 10.1 Å². The van der Waals surface area contributed by atoms with E-state index in [-0.39, 0.29) is 12.5 Å². The summed E-state index contributed by atoms with van der Waals surface area (Å²) >= 11 is 6.29. The van der Waals surface area contributed by atoms with Crippen LogP contribution in [-0.2, 0) is 11.4 Å². The van der Waals surface area contributed by atoms with Crippen molar-refractivity contribution in [2.24, 2.45) is 0 Å². The molecule has 1 unspecified atom stereocenters. The number of halogens is 1. The fourth-order valence-electron chi connectivity index (χ4n) is 4.53. The zero-order chi connectivity index (χ0) is 28.2. The Morgan fingerprint density at radius 1 is 1.00 bits per heavy atom. The Labute approximate surface area is 236 Å². The summed E-state index contributed by atoms with van der Waals surface area (Å²) in [5, 5.41) is 11.2. The third-order valence-corrected chi connectivity index (χ3v) is 6.91. The van der Waals surface area contributed by atoms with Gasteiger partial charge in [-0.3, -0.25) is 4.79 Å². The van der Waals surface area contributed by atoms with Gasteiger partial charge in [0.2, 0.25) is 5.95 Å². The number of nitrogens with zero attached hydrogens (tertiary/aromatic N) is 3. The lowest BCUT2D eigenvalue weighted by atomic mass is 9.94. The number of benzene rings is 3. The van der Waals surface area contributed by atoms with Crippen molar-refractivity contribution in [3.05, 3.63) is 94.4 Å². The fraction of sp³-hybridized carbons (Fsp3) is 0.207. The molecule has 11 heteroatoms. The monoisotopic (exact) mass is 561 g/mol. The predicted molar refractivity (Wildman–Crippen MR) is 151 cm³/mol. The summed E-state index contributed by atoms with van der Waals surface area (Å²) in [7, 11) is 4.66. The molecule has 2 heterocycles. The molecule has 1 atom stereocenters. The lowest BCUT2D eigenvalue weighted by molar-refractivity contribution is -0.113. The second kappa shape index (κ2) is 11.6. The first-order chi connectivity index (χ1) is 19.4. The van der Waals surface area contributed by atoms with Gasteiger partial charge < -0.3 is 29.6 Å². The minimum absolute atomic E-state index is 0.270. The summed E-state index contributed by atoms with van der Waals surface area (Å²) in [6, 6.07) is 17.6. The first kappa shape index (κ1) is 26.9. The Hall–Kier alpha value is -4.70. The number of fused-ring (bicyclic) bond motifs is 1. The van der Waals surface area contributed by atoms with Crippen molar-refractivity contribution < 1.29 is 23.7 Å². The van der Waals surface area contributed by atoms with Crippen molar-refractivity contribution >= 4 is 29.1 Å². The van der Waals surface area contributed by atoms with E-state index in [9.17, 15) is 4.79 Å². The predicted octanol–water partition coefficient (Wildman–Crippen LogP) is 5.46.